The quantitative estimate of drug-likeness (QED) is 0.827. The molecule has 0 saturated carbocycles. The molecule has 2 rings (SSSR count). The fraction of sp³-hybridized carbons (Fsp3) is 0.263. The van der Waals surface area contributed by atoms with Gasteiger partial charge in [-0.2, -0.15) is 0 Å². The van der Waals surface area contributed by atoms with Gasteiger partial charge in [0.1, 0.15) is 12.2 Å². The molecule has 5 heteroatoms. The molecule has 0 spiro atoms. The van der Waals surface area contributed by atoms with E-state index in [1.165, 1.54) is 6.07 Å². The van der Waals surface area contributed by atoms with Crippen molar-refractivity contribution in [2.24, 2.45) is 0 Å². The first-order valence-electron chi connectivity index (χ1n) is 7.74. The van der Waals surface area contributed by atoms with Gasteiger partial charge in [-0.15, -0.1) is 0 Å². The van der Waals surface area contributed by atoms with Gasteiger partial charge in [0.25, 0.3) is 0 Å². The first kappa shape index (κ1) is 17.7. The number of aryl methyl sites for hydroxylation is 3. The Kier molecular flexibility index (Phi) is 5.68. The maximum atomic E-state index is 13.5. The van der Waals surface area contributed by atoms with Crippen LogP contribution >= 0.6 is 0 Å². The third-order valence-electron chi connectivity index (χ3n) is 3.70. The van der Waals surface area contributed by atoms with Crippen LogP contribution in [0.3, 0.4) is 0 Å². The second kappa shape index (κ2) is 7.73. The lowest BCUT2D eigenvalue weighted by Gasteiger charge is -2.13. The summed E-state index contributed by atoms with van der Waals surface area (Å²) in [6.45, 7) is 5.87. The number of carbonyl (C=O) groups excluding carboxylic acids is 2. The Morgan fingerprint density at radius 3 is 2.25 bits per heavy atom. The van der Waals surface area contributed by atoms with Gasteiger partial charge in [0, 0.05) is 17.8 Å². The maximum Gasteiger partial charge on any atom is 0.233 e. The van der Waals surface area contributed by atoms with Crippen LogP contribution in [0.15, 0.2) is 36.4 Å². The van der Waals surface area contributed by atoms with Crippen molar-refractivity contribution in [2.45, 2.75) is 33.7 Å². The van der Waals surface area contributed by atoms with Gasteiger partial charge in [-0.25, -0.2) is 4.39 Å². The number of rotatable bonds is 5. The van der Waals surface area contributed by atoms with Crippen molar-refractivity contribution in [3.63, 3.8) is 0 Å². The van der Waals surface area contributed by atoms with Crippen LogP contribution in [-0.2, 0) is 16.1 Å². The fourth-order valence-electron chi connectivity index (χ4n) is 2.60. The number of benzene rings is 2. The van der Waals surface area contributed by atoms with Gasteiger partial charge < -0.3 is 10.6 Å². The Morgan fingerprint density at radius 1 is 1.00 bits per heavy atom. The van der Waals surface area contributed by atoms with Gasteiger partial charge in [0.05, 0.1) is 0 Å². The van der Waals surface area contributed by atoms with Crippen LogP contribution in [-0.4, -0.2) is 11.8 Å². The third-order valence-corrected chi connectivity index (χ3v) is 3.70. The van der Waals surface area contributed by atoms with Gasteiger partial charge in [0.15, 0.2) is 0 Å². The van der Waals surface area contributed by atoms with Crippen LogP contribution in [0.25, 0.3) is 0 Å². The normalized spacial score (nSPS) is 10.3. The van der Waals surface area contributed by atoms with Crippen molar-refractivity contribution in [1.29, 1.82) is 0 Å². The summed E-state index contributed by atoms with van der Waals surface area (Å²) in [7, 11) is 0. The second-order valence-electron chi connectivity index (χ2n) is 5.87. The molecule has 2 amide bonds. The molecule has 0 heterocycles. The summed E-state index contributed by atoms with van der Waals surface area (Å²) in [5.74, 6) is -1.22. The Balaban J connectivity index is 1.91. The number of hydrogen-bond donors (Lipinski definition) is 2. The van der Waals surface area contributed by atoms with Gasteiger partial charge in [0.2, 0.25) is 11.8 Å². The minimum absolute atomic E-state index is 0.0569. The number of anilines is 1. The van der Waals surface area contributed by atoms with E-state index in [2.05, 4.69) is 10.6 Å². The predicted octanol–water partition coefficient (Wildman–Crippen LogP) is 3.40. The van der Waals surface area contributed by atoms with Crippen molar-refractivity contribution < 1.29 is 14.0 Å². The molecule has 0 fully saturated rings. The Labute approximate surface area is 141 Å². The van der Waals surface area contributed by atoms with E-state index in [0.29, 0.717) is 5.56 Å². The van der Waals surface area contributed by atoms with Gasteiger partial charge >= 0.3 is 0 Å². The zero-order chi connectivity index (χ0) is 17.7. The summed E-state index contributed by atoms with van der Waals surface area (Å²) < 4.78 is 13.5. The summed E-state index contributed by atoms with van der Waals surface area (Å²) in [4.78, 5) is 23.9. The maximum absolute atomic E-state index is 13.5. The number of nitrogens with one attached hydrogen (secondary N) is 2. The number of carbonyl (C=O) groups is 2. The molecule has 0 radical (unpaired) electrons. The molecule has 0 aliphatic rings. The molecule has 2 aromatic carbocycles. The number of halogens is 1. The zero-order valence-electron chi connectivity index (χ0n) is 14.1. The van der Waals surface area contributed by atoms with E-state index in [0.717, 1.165) is 22.4 Å². The van der Waals surface area contributed by atoms with Crippen LogP contribution in [0.2, 0.25) is 0 Å². The Bertz CT molecular complexity index is 749. The molecule has 24 heavy (non-hydrogen) atoms. The van der Waals surface area contributed by atoms with Crippen LogP contribution in [0.5, 0.6) is 0 Å². The van der Waals surface area contributed by atoms with E-state index in [4.69, 9.17) is 0 Å². The molecule has 0 atom stereocenters. The Morgan fingerprint density at radius 2 is 1.62 bits per heavy atom. The SMILES string of the molecule is Cc1cc(C)c(NC(=O)CC(=O)NCc2ccccc2F)c(C)c1. The summed E-state index contributed by atoms with van der Waals surface area (Å²) in [5, 5.41) is 5.33. The van der Waals surface area contributed by atoms with Crippen molar-refractivity contribution in [3.8, 4) is 0 Å². The average Bonchev–Trinajstić information content (AvgIpc) is 2.50. The molecule has 126 valence electrons. The summed E-state index contributed by atoms with van der Waals surface area (Å²) >= 11 is 0. The van der Waals surface area contributed by atoms with Gasteiger partial charge in [-0.1, -0.05) is 35.9 Å². The molecule has 4 nitrogen and oxygen atoms in total. The molecule has 0 aromatic heterocycles. The van der Waals surface area contributed by atoms with Crippen LogP contribution in [0.4, 0.5) is 10.1 Å². The van der Waals surface area contributed by atoms with E-state index < -0.39 is 11.8 Å². The first-order chi connectivity index (χ1) is 11.4. The molecular weight excluding hydrogens is 307 g/mol. The van der Waals surface area contributed by atoms with Gasteiger partial charge in [-0.05, 0) is 38.0 Å². The van der Waals surface area contributed by atoms with E-state index in [1.54, 1.807) is 18.2 Å². The average molecular weight is 328 g/mol. The Hall–Kier alpha value is -2.69. The second-order valence-corrected chi connectivity index (χ2v) is 5.87. The topological polar surface area (TPSA) is 58.2 Å². The van der Waals surface area contributed by atoms with E-state index in [9.17, 15) is 14.0 Å². The van der Waals surface area contributed by atoms with Crippen molar-refractivity contribution in [2.75, 3.05) is 5.32 Å². The summed E-state index contributed by atoms with van der Waals surface area (Å²) in [6.07, 6.45) is -0.304. The molecule has 0 bridgehead atoms. The highest BCUT2D eigenvalue weighted by Gasteiger charge is 2.13. The van der Waals surface area contributed by atoms with E-state index in [-0.39, 0.29) is 18.8 Å². The molecule has 2 aromatic rings. The monoisotopic (exact) mass is 328 g/mol. The van der Waals surface area contributed by atoms with Crippen molar-refractivity contribution in [1.82, 2.24) is 5.32 Å². The standard InChI is InChI=1S/C19H21FN2O2/c1-12-8-13(2)19(14(3)9-12)22-18(24)10-17(23)21-11-15-6-4-5-7-16(15)20/h4-9H,10-11H2,1-3H3,(H,21,23)(H,22,24). The highest BCUT2D eigenvalue weighted by molar-refractivity contribution is 6.04. The van der Waals surface area contributed by atoms with E-state index in [1.807, 2.05) is 32.9 Å². The fourth-order valence-corrected chi connectivity index (χ4v) is 2.60. The molecule has 0 aliphatic heterocycles. The lowest BCUT2D eigenvalue weighted by molar-refractivity contribution is -0.126. The smallest absolute Gasteiger partial charge is 0.233 e. The highest BCUT2D eigenvalue weighted by atomic mass is 19.1. The molecule has 0 aliphatic carbocycles. The van der Waals surface area contributed by atoms with Crippen molar-refractivity contribution in [3.05, 3.63) is 64.5 Å². The number of amides is 2. The predicted molar refractivity (Wildman–Crippen MR) is 92.1 cm³/mol. The lowest BCUT2D eigenvalue weighted by atomic mass is 10.0. The van der Waals surface area contributed by atoms with Crippen LogP contribution in [0.1, 0.15) is 28.7 Å². The molecule has 2 N–H and O–H groups in total. The van der Waals surface area contributed by atoms with E-state index >= 15 is 0 Å². The third kappa shape index (κ3) is 4.65. The van der Waals surface area contributed by atoms with Crippen LogP contribution < -0.4 is 10.6 Å². The lowest BCUT2D eigenvalue weighted by Crippen LogP contribution is -2.28. The van der Waals surface area contributed by atoms with Crippen LogP contribution in [0, 0.1) is 26.6 Å². The molecular formula is C19H21FN2O2. The zero-order valence-corrected chi connectivity index (χ0v) is 14.1. The highest BCUT2D eigenvalue weighted by Crippen LogP contribution is 2.22. The minimum Gasteiger partial charge on any atom is -0.351 e. The molecule has 0 unspecified atom stereocenters. The number of hydrogen-bond acceptors (Lipinski definition) is 2. The summed E-state index contributed by atoms with van der Waals surface area (Å²) in [5.41, 5.74) is 4.13. The van der Waals surface area contributed by atoms with Gasteiger partial charge in [-0.3, -0.25) is 9.59 Å². The summed E-state index contributed by atoms with van der Waals surface area (Å²) in [6, 6.07) is 10.1. The van der Waals surface area contributed by atoms with Crippen molar-refractivity contribution >= 4 is 17.5 Å². The largest absolute Gasteiger partial charge is 0.351 e. The molecule has 0 saturated heterocycles. The minimum atomic E-state index is -0.446. The first-order valence-corrected chi connectivity index (χ1v) is 7.74.